The van der Waals surface area contributed by atoms with E-state index in [4.69, 9.17) is 16.2 Å². The van der Waals surface area contributed by atoms with Crippen molar-refractivity contribution < 1.29 is 9.53 Å². The number of nitrogens with one attached hydrogen (secondary N) is 1. The summed E-state index contributed by atoms with van der Waals surface area (Å²) < 4.78 is 5.06. The minimum atomic E-state index is -0.371. The van der Waals surface area contributed by atoms with Crippen LogP contribution in [0.3, 0.4) is 0 Å². The van der Waals surface area contributed by atoms with Crippen molar-refractivity contribution in [3.05, 3.63) is 16.3 Å². The summed E-state index contributed by atoms with van der Waals surface area (Å²) in [5.41, 5.74) is 12.3. The van der Waals surface area contributed by atoms with Gasteiger partial charge in [0, 0.05) is 0 Å². The quantitative estimate of drug-likeness (QED) is 0.454. The van der Waals surface area contributed by atoms with E-state index in [-0.39, 0.29) is 11.9 Å². The standard InChI is InChI=1S/C13H15N7O2S2/c1-3-22-11(21)8-5(2)7-9(14)16-6(17-10(7)24-8)4-23-13-18-12(15)19-20-13/h3-4H2,1-2H3,(H2,14,16,17)(H3,15,18,19,20). The number of nitrogens with two attached hydrogens (primary N) is 2. The molecule has 0 saturated carbocycles. The van der Waals surface area contributed by atoms with Crippen LogP contribution in [0.5, 0.6) is 0 Å². The van der Waals surface area contributed by atoms with Gasteiger partial charge in [-0.05, 0) is 19.4 Å². The summed E-state index contributed by atoms with van der Waals surface area (Å²) in [5, 5.41) is 7.69. The van der Waals surface area contributed by atoms with Crippen LogP contribution in [0.2, 0.25) is 0 Å². The smallest absolute Gasteiger partial charge is 0.348 e. The second-order valence-electron chi connectivity index (χ2n) is 4.77. The predicted octanol–water partition coefficient (Wildman–Crippen LogP) is 1.75. The summed E-state index contributed by atoms with van der Waals surface area (Å²) in [5.74, 6) is 1.19. The number of aryl methyl sites for hydroxylation is 1. The number of carbonyl (C=O) groups excluding carboxylic acids is 1. The first kappa shape index (κ1) is 16.5. The number of hydrogen-bond acceptors (Lipinski definition) is 10. The normalized spacial score (nSPS) is 11.1. The lowest BCUT2D eigenvalue weighted by Crippen LogP contribution is -2.04. The summed E-state index contributed by atoms with van der Waals surface area (Å²) in [4.78, 5) is 26.0. The molecule has 0 aromatic carbocycles. The highest BCUT2D eigenvalue weighted by atomic mass is 32.2. The van der Waals surface area contributed by atoms with Crippen molar-refractivity contribution >= 4 is 51.1 Å². The number of thioether (sulfide) groups is 1. The van der Waals surface area contributed by atoms with Gasteiger partial charge in [0.1, 0.15) is 21.3 Å². The Morgan fingerprint density at radius 1 is 1.33 bits per heavy atom. The van der Waals surface area contributed by atoms with Crippen LogP contribution in [-0.2, 0) is 10.5 Å². The summed E-state index contributed by atoms with van der Waals surface area (Å²) in [6.45, 7) is 3.89. The number of nitrogens with zero attached hydrogens (tertiary/aromatic N) is 4. The predicted molar refractivity (Wildman–Crippen MR) is 92.9 cm³/mol. The molecule has 3 rings (SSSR count). The minimum absolute atomic E-state index is 0.251. The van der Waals surface area contributed by atoms with Crippen LogP contribution in [0.25, 0.3) is 10.2 Å². The molecule has 0 bridgehead atoms. The zero-order valence-corrected chi connectivity index (χ0v) is 14.6. The van der Waals surface area contributed by atoms with Gasteiger partial charge in [0.05, 0.1) is 17.7 Å². The summed E-state index contributed by atoms with van der Waals surface area (Å²) in [7, 11) is 0. The first-order chi connectivity index (χ1) is 11.5. The van der Waals surface area contributed by atoms with Crippen LogP contribution in [0.15, 0.2) is 5.16 Å². The zero-order valence-electron chi connectivity index (χ0n) is 13.0. The fourth-order valence-corrected chi connectivity index (χ4v) is 3.89. The van der Waals surface area contributed by atoms with Gasteiger partial charge in [-0.25, -0.2) is 19.9 Å². The van der Waals surface area contributed by atoms with Crippen molar-refractivity contribution in [3.8, 4) is 0 Å². The number of anilines is 2. The van der Waals surface area contributed by atoms with E-state index in [1.54, 1.807) is 6.92 Å². The molecule has 0 amide bonds. The molecular formula is C13H15N7O2S2. The molecule has 0 aliphatic heterocycles. The van der Waals surface area contributed by atoms with Gasteiger partial charge in [0.2, 0.25) is 11.1 Å². The molecule has 0 fully saturated rings. The van der Waals surface area contributed by atoms with Gasteiger partial charge in [-0.1, -0.05) is 11.8 Å². The molecule has 0 atom stereocenters. The van der Waals surface area contributed by atoms with Crippen LogP contribution < -0.4 is 11.5 Å². The Kier molecular flexibility index (Phi) is 4.53. The number of aromatic nitrogens is 5. The molecule has 0 aliphatic rings. The molecule has 0 radical (unpaired) electrons. The van der Waals surface area contributed by atoms with Gasteiger partial charge in [0.15, 0.2) is 0 Å². The molecule has 11 heteroatoms. The van der Waals surface area contributed by atoms with E-state index >= 15 is 0 Å². The van der Waals surface area contributed by atoms with E-state index in [1.165, 1.54) is 23.1 Å². The van der Waals surface area contributed by atoms with Crippen LogP contribution in [0, 0.1) is 6.92 Å². The van der Waals surface area contributed by atoms with Gasteiger partial charge in [-0.15, -0.1) is 16.4 Å². The summed E-state index contributed by atoms with van der Waals surface area (Å²) in [6.07, 6.45) is 0. The third-order valence-corrected chi connectivity index (χ3v) is 5.15. The van der Waals surface area contributed by atoms with Crippen LogP contribution in [0.4, 0.5) is 11.8 Å². The SMILES string of the molecule is CCOC(=O)c1sc2nc(CSc3n[nH]c(N)n3)nc(N)c2c1C. The lowest BCUT2D eigenvalue weighted by molar-refractivity contribution is 0.0531. The highest BCUT2D eigenvalue weighted by Crippen LogP contribution is 2.33. The van der Waals surface area contributed by atoms with Gasteiger partial charge in [0.25, 0.3) is 0 Å². The highest BCUT2D eigenvalue weighted by molar-refractivity contribution is 7.98. The van der Waals surface area contributed by atoms with E-state index in [0.29, 0.717) is 44.3 Å². The zero-order chi connectivity index (χ0) is 17.3. The van der Waals surface area contributed by atoms with Crippen molar-refractivity contribution in [1.82, 2.24) is 25.1 Å². The highest BCUT2D eigenvalue weighted by Gasteiger charge is 2.20. The van der Waals surface area contributed by atoms with Crippen molar-refractivity contribution in [2.45, 2.75) is 24.8 Å². The maximum absolute atomic E-state index is 12.0. The molecule has 0 unspecified atom stereocenters. The average Bonchev–Trinajstić information content (AvgIpc) is 3.09. The molecule has 9 nitrogen and oxygen atoms in total. The first-order valence-corrected chi connectivity index (χ1v) is 8.83. The van der Waals surface area contributed by atoms with E-state index in [2.05, 4.69) is 25.1 Å². The molecule has 3 aromatic rings. The molecule has 126 valence electrons. The van der Waals surface area contributed by atoms with Crippen molar-refractivity contribution in [2.75, 3.05) is 18.1 Å². The Labute approximate surface area is 145 Å². The molecular weight excluding hydrogens is 350 g/mol. The van der Waals surface area contributed by atoms with E-state index in [0.717, 1.165) is 5.56 Å². The minimum Gasteiger partial charge on any atom is -0.462 e. The molecule has 3 heterocycles. The fraction of sp³-hybridized carbons (Fsp3) is 0.308. The molecule has 0 spiro atoms. The largest absolute Gasteiger partial charge is 0.462 e. The first-order valence-electron chi connectivity index (χ1n) is 7.02. The summed E-state index contributed by atoms with van der Waals surface area (Å²) in [6, 6.07) is 0. The molecule has 3 aromatic heterocycles. The number of hydrogen-bond donors (Lipinski definition) is 3. The van der Waals surface area contributed by atoms with E-state index in [9.17, 15) is 4.79 Å². The Morgan fingerprint density at radius 2 is 2.12 bits per heavy atom. The van der Waals surface area contributed by atoms with Gasteiger partial charge >= 0.3 is 5.97 Å². The van der Waals surface area contributed by atoms with Crippen LogP contribution >= 0.6 is 23.1 Å². The van der Waals surface area contributed by atoms with Crippen LogP contribution in [-0.4, -0.2) is 37.7 Å². The van der Waals surface area contributed by atoms with Crippen molar-refractivity contribution in [3.63, 3.8) is 0 Å². The van der Waals surface area contributed by atoms with E-state index in [1.807, 2.05) is 6.92 Å². The number of ether oxygens (including phenoxy) is 1. The monoisotopic (exact) mass is 365 g/mol. The van der Waals surface area contributed by atoms with E-state index < -0.39 is 0 Å². The van der Waals surface area contributed by atoms with Crippen molar-refractivity contribution in [2.24, 2.45) is 0 Å². The van der Waals surface area contributed by atoms with Gasteiger partial charge in [-0.2, -0.15) is 4.98 Å². The third-order valence-electron chi connectivity index (χ3n) is 3.14. The Balaban J connectivity index is 1.90. The van der Waals surface area contributed by atoms with Gasteiger partial charge < -0.3 is 16.2 Å². The molecule has 24 heavy (non-hydrogen) atoms. The number of H-pyrrole nitrogens is 1. The Hall–Kier alpha value is -2.40. The second-order valence-corrected chi connectivity index (χ2v) is 6.72. The molecule has 5 N–H and O–H groups in total. The topological polar surface area (TPSA) is 146 Å². The number of fused-ring (bicyclic) bond motifs is 1. The number of aromatic amines is 1. The van der Waals surface area contributed by atoms with Crippen LogP contribution in [0.1, 0.15) is 28.0 Å². The number of carbonyl (C=O) groups is 1. The Bertz CT molecular complexity index is 905. The molecule has 0 saturated heterocycles. The third kappa shape index (κ3) is 3.12. The number of thiophene rings is 1. The summed E-state index contributed by atoms with van der Waals surface area (Å²) >= 11 is 2.59. The van der Waals surface area contributed by atoms with Gasteiger partial charge in [-0.3, -0.25) is 0 Å². The lowest BCUT2D eigenvalue weighted by Gasteiger charge is -2.02. The number of rotatable bonds is 5. The van der Waals surface area contributed by atoms with Crippen molar-refractivity contribution in [1.29, 1.82) is 0 Å². The fourth-order valence-electron chi connectivity index (χ4n) is 2.12. The number of nitrogen functional groups attached to an aromatic ring is 2. The second kappa shape index (κ2) is 6.61. The maximum atomic E-state index is 12.0. The Morgan fingerprint density at radius 3 is 2.79 bits per heavy atom. The number of esters is 1. The average molecular weight is 365 g/mol. The molecule has 0 aliphatic carbocycles. The maximum Gasteiger partial charge on any atom is 0.348 e. The lowest BCUT2D eigenvalue weighted by atomic mass is 10.2.